The molecule has 1 aliphatic rings. The fourth-order valence-electron chi connectivity index (χ4n) is 4.67. The zero-order valence-electron chi connectivity index (χ0n) is 25.2. The van der Waals surface area contributed by atoms with Crippen LogP contribution in [-0.2, 0) is 4.74 Å². The van der Waals surface area contributed by atoms with Crippen LogP contribution < -0.4 is 5.32 Å². The third-order valence-corrected chi connectivity index (χ3v) is 7.53. The van der Waals surface area contributed by atoms with Crippen molar-refractivity contribution in [2.24, 2.45) is 4.99 Å². The van der Waals surface area contributed by atoms with Gasteiger partial charge in [0.15, 0.2) is 5.15 Å². The third kappa shape index (κ3) is 7.75. The topological polar surface area (TPSA) is 113 Å². The van der Waals surface area contributed by atoms with Crippen molar-refractivity contribution in [2.75, 3.05) is 25.0 Å². The molecule has 1 N–H and O–H groups in total. The second-order valence-corrected chi connectivity index (χ2v) is 12.7. The molecule has 0 saturated carbocycles. The van der Waals surface area contributed by atoms with E-state index in [0.717, 1.165) is 0 Å². The average Bonchev–Trinajstić information content (AvgIpc) is 2.93. The van der Waals surface area contributed by atoms with Crippen LogP contribution >= 0.6 is 34.8 Å². The molecule has 4 rings (SSSR count). The molecule has 1 aromatic carbocycles. The number of nitrogens with one attached hydrogen (secondary N) is 1. The molecule has 3 amide bonds. The second kappa shape index (κ2) is 13.6. The van der Waals surface area contributed by atoms with Crippen molar-refractivity contribution in [3.05, 3.63) is 69.1 Å². The summed E-state index contributed by atoms with van der Waals surface area (Å²) in [7, 11) is 0. The van der Waals surface area contributed by atoms with Gasteiger partial charge >= 0.3 is 12.1 Å². The minimum Gasteiger partial charge on any atom is -0.444 e. The molecule has 0 bridgehead atoms. The molecule has 0 unspecified atom stereocenters. The largest absolute Gasteiger partial charge is 0.444 e. The molecule has 0 aliphatic carbocycles. The number of anilines is 1. The smallest absolute Gasteiger partial charge is 0.410 e. The van der Waals surface area contributed by atoms with Crippen molar-refractivity contribution in [1.29, 1.82) is 0 Å². The van der Waals surface area contributed by atoms with Gasteiger partial charge in [-0.25, -0.2) is 28.9 Å². The summed E-state index contributed by atoms with van der Waals surface area (Å²) in [6.07, 6.45) is 0.871. The highest BCUT2D eigenvalue weighted by Crippen LogP contribution is 2.33. The van der Waals surface area contributed by atoms with Crippen LogP contribution in [0.5, 0.6) is 0 Å². The maximum atomic E-state index is 14.6. The van der Waals surface area contributed by atoms with E-state index in [2.05, 4.69) is 25.3 Å². The number of hydrogen-bond acceptors (Lipinski definition) is 6. The van der Waals surface area contributed by atoms with Crippen LogP contribution in [0.15, 0.2) is 41.7 Å². The fourth-order valence-corrected chi connectivity index (χ4v) is 5.33. The van der Waals surface area contributed by atoms with Gasteiger partial charge in [0, 0.05) is 31.2 Å². The van der Waals surface area contributed by atoms with Crippen LogP contribution in [0.3, 0.4) is 0 Å². The Hall–Kier alpha value is -3.54. The Morgan fingerprint density at radius 2 is 1.82 bits per heavy atom. The number of ether oxygens (including phenoxy) is 1. The Kier molecular flexibility index (Phi) is 10.3. The molecule has 44 heavy (non-hydrogen) atoms. The van der Waals surface area contributed by atoms with Gasteiger partial charge in [0.2, 0.25) is 0 Å². The van der Waals surface area contributed by atoms with E-state index in [1.807, 2.05) is 25.7 Å². The summed E-state index contributed by atoms with van der Waals surface area (Å²) < 4.78 is 20.2. The van der Waals surface area contributed by atoms with Crippen LogP contribution in [0.2, 0.25) is 15.3 Å². The highest BCUT2D eigenvalue weighted by molar-refractivity contribution is 6.37. The molecule has 1 fully saturated rings. The summed E-state index contributed by atoms with van der Waals surface area (Å²) in [4.78, 5) is 46.7. The third-order valence-electron chi connectivity index (χ3n) is 6.67. The van der Waals surface area contributed by atoms with E-state index in [-0.39, 0.29) is 75.3 Å². The van der Waals surface area contributed by atoms with Gasteiger partial charge in [-0.3, -0.25) is 0 Å². The van der Waals surface area contributed by atoms with Gasteiger partial charge in [-0.2, -0.15) is 4.99 Å². The van der Waals surface area contributed by atoms with E-state index in [4.69, 9.17) is 39.5 Å². The van der Waals surface area contributed by atoms with Gasteiger partial charge in [-0.15, -0.1) is 0 Å². The second-order valence-electron chi connectivity index (χ2n) is 11.6. The van der Waals surface area contributed by atoms with Gasteiger partial charge in [0.25, 0.3) is 0 Å². The number of urea groups is 1. The molecular formula is C30H33Cl3FN7O3. The number of aromatic nitrogens is 3. The van der Waals surface area contributed by atoms with Crippen molar-refractivity contribution < 1.29 is 18.7 Å². The Morgan fingerprint density at radius 3 is 2.45 bits per heavy atom. The molecule has 0 radical (unpaired) electrons. The molecule has 2 aromatic heterocycles. The molecule has 3 aromatic rings. The minimum absolute atomic E-state index is 0.0510. The molecule has 10 nitrogen and oxygen atoms in total. The first-order chi connectivity index (χ1) is 20.7. The summed E-state index contributed by atoms with van der Waals surface area (Å²) in [6.45, 7) is 11.9. The highest BCUT2D eigenvalue weighted by Gasteiger charge is 2.33. The summed E-state index contributed by atoms with van der Waals surface area (Å²) in [5.74, 6) is -0.440. The lowest BCUT2D eigenvalue weighted by molar-refractivity contribution is 0.0134. The van der Waals surface area contributed by atoms with Crippen LogP contribution in [-0.4, -0.2) is 74.0 Å². The average molecular weight is 665 g/mol. The highest BCUT2D eigenvalue weighted by atomic mass is 35.5. The van der Waals surface area contributed by atoms with E-state index >= 15 is 0 Å². The molecule has 1 saturated heterocycles. The van der Waals surface area contributed by atoms with E-state index in [0.29, 0.717) is 5.69 Å². The number of carbonyl (C=O) groups excluding carboxylic acids is 2. The van der Waals surface area contributed by atoms with Gasteiger partial charge in [-0.05, 0) is 51.8 Å². The summed E-state index contributed by atoms with van der Waals surface area (Å²) >= 11 is 19.6. The monoisotopic (exact) mass is 663 g/mol. The lowest BCUT2D eigenvalue weighted by Crippen LogP contribution is -2.56. The van der Waals surface area contributed by atoms with E-state index in [1.165, 1.54) is 24.5 Å². The number of benzene rings is 1. The van der Waals surface area contributed by atoms with E-state index < -0.39 is 23.5 Å². The number of pyridine rings is 1. The summed E-state index contributed by atoms with van der Waals surface area (Å²) in [5, 5.41) is 2.82. The van der Waals surface area contributed by atoms with Crippen LogP contribution in [0.1, 0.15) is 58.7 Å². The molecule has 3 heterocycles. The number of carbonyl (C=O) groups is 2. The number of amidine groups is 1. The molecule has 1 aliphatic heterocycles. The van der Waals surface area contributed by atoms with Crippen molar-refractivity contribution in [3.8, 4) is 11.3 Å². The first kappa shape index (κ1) is 33.4. The number of amides is 3. The van der Waals surface area contributed by atoms with Gasteiger partial charge in [-0.1, -0.05) is 60.8 Å². The predicted molar refractivity (Wildman–Crippen MR) is 170 cm³/mol. The summed E-state index contributed by atoms with van der Waals surface area (Å²) in [5.41, 5.74) is 0.656. The Bertz CT molecular complexity index is 1600. The standard InChI is InChI=1S/C30H33Cl3FN7O3/c1-16(2)22-24(26(33)36-15-35-22)38-28(42)39-27(41-12-11-40(14-17(41)3)29(43)44-30(4,5)6)19-13-20(31)23(37-25(19)32)18-9-7-8-10-21(18)34/h7-10,13,15-17H,11-12,14H2,1-6H3,(H,38,42)/t17-/m0/s1. The normalized spacial score (nSPS) is 15.9. The molecule has 0 spiro atoms. The number of piperazine rings is 1. The first-order valence-electron chi connectivity index (χ1n) is 13.9. The number of halogens is 4. The van der Waals surface area contributed by atoms with Crippen molar-refractivity contribution in [3.63, 3.8) is 0 Å². The van der Waals surface area contributed by atoms with Crippen LogP contribution in [0, 0.1) is 5.82 Å². The Labute approximate surface area is 270 Å². The Balaban J connectivity index is 1.75. The van der Waals surface area contributed by atoms with Crippen molar-refractivity contribution in [1.82, 2.24) is 24.8 Å². The molecule has 14 heteroatoms. The van der Waals surface area contributed by atoms with Crippen molar-refractivity contribution in [2.45, 2.75) is 59.1 Å². The number of nitrogens with zero attached hydrogens (tertiary/aromatic N) is 6. The molecule has 1 atom stereocenters. The van der Waals surface area contributed by atoms with E-state index in [9.17, 15) is 14.0 Å². The van der Waals surface area contributed by atoms with Gasteiger partial charge < -0.3 is 19.9 Å². The van der Waals surface area contributed by atoms with Crippen LogP contribution in [0.4, 0.5) is 19.7 Å². The lowest BCUT2D eigenvalue weighted by Gasteiger charge is -2.41. The summed E-state index contributed by atoms with van der Waals surface area (Å²) in [6, 6.07) is 6.43. The maximum absolute atomic E-state index is 14.6. The number of aliphatic imine (C=N–C) groups is 1. The minimum atomic E-state index is -0.772. The number of hydrogen-bond donors (Lipinski definition) is 1. The number of rotatable bonds is 4. The maximum Gasteiger partial charge on any atom is 0.410 e. The lowest BCUT2D eigenvalue weighted by atomic mass is 10.1. The molecule has 234 valence electrons. The first-order valence-corrected chi connectivity index (χ1v) is 15.1. The van der Waals surface area contributed by atoms with Gasteiger partial charge in [0.1, 0.15) is 34.4 Å². The SMILES string of the molecule is CC(C)c1ncnc(Cl)c1NC(=O)N=C(c1cc(Cl)c(-c2ccccc2F)nc1Cl)N1CCN(C(=O)OC(C)(C)C)C[C@@H]1C. The van der Waals surface area contributed by atoms with Crippen LogP contribution in [0.25, 0.3) is 11.3 Å². The van der Waals surface area contributed by atoms with E-state index in [1.54, 1.807) is 37.8 Å². The van der Waals surface area contributed by atoms with Gasteiger partial charge in [0.05, 0.1) is 22.0 Å². The fraction of sp³-hybridized carbons (Fsp3) is 0.400. The Morgan fingerprint density at radius 1 is 1.11 bits per heavy atom. The van der Waals surface area contributed by atoms with Crippen molar-refractivity contribution >= 4 is 58.5 Å². The molecular weight excluding hydrogens is 632 g/mol. The predicted octanol–water partition coefficient (Wildman–Crippen LogP) is 7.68. The quantitative estimate of drug-likeness (QED) is 0.132. The zero-order valence-corrected chi connectivity index (χ0v) is 27.4. The zero-order chi connectivity index (χ0) is 32.3.